The molecule has 38 heavy (non-hydrogen) atoms. The minimum absolute atomic E-state index is 0.0394. The Kier molecular flexibility index (Phi) is 6.47. The first-order valence-electron chi connectivity index (χ1n) is 12.6. The molecule has 202 valence electrons. The third kappa shape index (κ3) is 5.39. The molecule has 0 unspecified atom stereocenters. The number of rotatable bonds is 4. The monoisotopic (exact) mass is 539 g/mol. The number of ether oxygens (including phenoxy) is 1. The summed E-state index contributed by atoms with van der Waals surface area (Å²) in [6.45, 7) is 8.46. The quantitative estimate of drug-likeness (QED) is 0.514. The molecule has 0 aliphatic carbocycles. The molecule has 2 aromatic carbocycles. The maximum Gasteiger partial charge on any atom is 0.410 e. The van der Waals surface area contributed by atoms with Crippen LogP contribution in [-0.4, -0.2) is 77.6 Å². The number of aryl methyl sites for hydroxylation is 1. The van der Waals surface area contributed by atoms with Crippen LogP contribution in [0.3, 0.4) is 0 Å². The molecule has 0 spiro atoms. The number of anilines is 2. The fourth-order valence-corrected chi connectivity index (χ4v) is 6.22. The number of benzene rings is 2. The molecule has 3 aromatic rings. The summed E-state index contributed by atoms with van der Waals surface area (Å²) in [5, 5.41) is 15.1. The van der Waals surface area contributed by atoms with Gasteiger partial charge in [-0.25, -0.2) is 18.2 Å². The highest BCUT2D eigenvalue weighted by Crippen LogP contribution is 2.30. The number of fused-ring (bicyclic) bond motifs is 2. The zero-order valence-corrected chi connectivity index (χ0v) is 22.9. The number of aliphatic hydroxyl groups is 1. The smallest absolute Gasteiger partial charge is 0.410 e. The molecule has 11 heteroatoms. The number of hydrogen-bond acceptors (Lipinski definition) is 9. The van der Waals surface area contributed by atoms with Gasteiger partial charge >= 0.3 is 6.09 Å². The Labute approximate surface area is 222 Å². The second-order valence-electron chi connectivity index (χ2n) is 11.2. The van der Waals surface area contributed by atoms with E-state index in [2.05, 4.69) is 5.32 Å². The van der Waals surface area contributed by atoms with E-state index in [-0.39, 0.29) is 31.9 Å². The Balaban J connectivity index is 1.39. The lowest BCUT2D eigenvalue weighted by Gasteiger charge is -2.46. The number of carbonyl (C=O) groups excluding carboxylic acids is 1. The molecule has 0 bridgehead atoms. The number of nitrogens with zero attached hydrogens (tertiary/aromatic N) is 4. The fraction of sp³-hybridized carbons (Fsp3) is 0.444. The first kappa shape index (κ1) is 26.2. The Morgan fingerprint density at radius 3 is 2.63 bits per heavy atom. The standard InChI is InChI=1S/C27H33N5O5S/c1-18-9-10-21-20(13-18)23(28-15-27(34)16-32(17-27)25(33)37-26(2,3)4)30-24(29-21)31-11-12-38(35,36)22-8-6-5-7-19(22)14-31/h5-10,13,34H,11-12,14-17H2,1-4H3,(H,28,29,30). The van der Waals surface area contributed by atoms with Crippen molar-refractivity contribution in [2.45, 2.75) is 50.3 Å². The van der Waals surface area contributed by atoms with Crippen LogP contribution in [-0.2, 0) is 21.1 Å². The van der Waals surface area contributed by atoms with E-state index in [0.717, 1.165) is 10.9 Å². The van der Waals surface area contributed by atoms with Crippen LogP contribution in [0.1, 0.15) is 31.9 Å². The number of nitrogens with one attached hydrogen (secondary N) is 1. The van der Waals surface area contributed by atoms with Crippen LogP contribution in [0.25, 0.3) is 10.9 Å². The summed E-state index contributed by atoms with van der Waals surface area (Å²) in [6, 6.07) is 12.9. The molecule has 1 fully saturated rings. The average molecular weight is 540 g/mol. The van der Waals surface area contributed by atoms with Crippen LogP contribution in [0.2, 0.25) is 0 Å². The van der Waals surface area contributed by atoms with Crippen molar-refractivity contribution in [3.63, 3.8) is 0 Å². The Morgan fingerprint density at radius 1 is 1.16 bits per heavy atom. The van der Waals surface area contributed by atoms with Crippen LogP contribution in [0.5, 0.6) is 0 Å². The predicted molar refractivity (Wildman–Crippen MR) is 145 cm³/mol. The predicted octanol–water partition coefficient (Wildman–Crippen LogP) is 3.13. The summed E-state index contributed by atoms with van der Waals surface area (Å²) < 4.78 is 31.1. The minimum Gasteiger partial charge on any atom is -0.444 e. The fourth-order valence-electron chi connectivity index (χ4n) is 4.72. The topological polar surface area (TPSA) is 125 Å². The molecule has 2 aliphatic rings. The van der Waals surface area contributed by atoms with E-state index in [9.17, 15) is 18.3 Å². The van der Waals surface area contributed by atoms with E-state index in [1.807, 2.05) is 42.2 Å². The van der Waals surface area contributed by atoms with Crippen molar-refractivity contribution in [1.29, 1.82) is 0 Å². The third-order valence-corrected chi connectivity index (χ3v) is 8.42. The number of amides is 1. The van der Waals surface area contributed by atoms with Gasteiger partial charge in [-0.3, -0.25) is 0 Å². The largest absolute Gasteiger partial charge is 0.444 e. The molecule has 1 saturated heterocycles. The summed E-state index contributed by atoms with van der Waals surface area (Å²) in [5.74, 6) is 0.910. The molecule has 3 heterocycles. The molecule has 1 amide bonds. The number of aromatic nitrogens is 2. The van der Waals surface area contributed by atoms with Crippen molar-refractivity contribution in [2.75, 3.05) is 42.1 Å². The summed E-state index contributed by atoms with van der Waals surface area (Å²) in [6.07, 6.45) is -0.455. The Bertz CT molecular complexity index is 1500. The third-order valence-electron chi connectivity index (χ3n) is 6.63. The average Bonchev–Trinajstić information content (AvgIpc) is 2.95. The normalized spacial score (nSPS) is 18.3. The van der Waals surface area contributed by atoms with E-state index in [1.54, 1.807) is 32.9 Å². The number of β-amino-alcohol motifs (C(OH)–C–C–N with tert-alkyl or cyclic N) is 1. The van der Waals surface area contributed by atoms with Crippen molar-refractivity contribution in [3.05, 3.63) is 53.6 Å². The molecule has 10 nitrogen and oxygen atoms in total. The first-order chi connectivity index (χ1) is 17.8. The zero-order chi connectivity index (χ0) is 27.3. The van der Waals surface area contributed by atoms with Crippen molar-refractivity contribution in [1.82, 2.24) is 14.9 Å². The first-order valence-corrected chi connectivity index (χ1v) is 14.3. The molecule has 2 N–H and O–H groups in total. The minimum atomic E-state index is -3.42. The summed E-state index contributed by atoms with van der Waals surface area (Å²) >= 11 is 0. The Hall–Kier alpha value is -3.44. The highest BCUT2D eigenvalue weighted by Gasteiger charge is 2.45. The highest BCUT2D eigenvalue weighted by molar-refractivity contribution is 7.91. The lowest BCUT2D eigenvalue weighted by Crippen LogP contribution is -2.66. The van der Waals surface area contributed by atoms with E-state index >= 15 is 0 Å². The van der Waals surface area contributed by atoms with Gasteiger partial charge in [0.05, 0.1) is 29.3 Å². The summed E-state index contributed by atoms with van der Waals surface area (Å²) in [4.78, 5) is 25.5. The van der Waals surface area contributed by atoms with Gasteiger partial charge in [-0.2, -0.15) is 4.98 Å². The molecule has 5 rings (SSSR count). The van der Waals surface area contributed by atoms with Crippen molar-refractivity contribution >= 4 is 38.6 Å². The molecule has 0 saturated carbocycles. The molecule has 0 radical (unpaired) electrons. The van der Waals surface area contributed by atoms with Gasteiger partial charge in [-0.1, -0.05) is 29.8 Å². The van der Waals surface area contributed by atoms with Gasteiger partial charge in [-0.15, -0.1) is 0 Å². The van der Waals surface area contributed by atoms with E-state index in [4.69, 9.17) is 14.7 Å². The van der Waals surface area contributed by atoms with Gasteiger partial charge in [0, 0.05) is 25.0 Å². The van der Waals surface area contributed by atoms with Crippen LogP contribution < -0.4 is 10.2 Å². The number of likely N-dealkylation sites (tertiary alicyclic amines) is 1. The van der Waals surface area contributed by atoms with Gasteiger partial charge in [0.15, 0.2) is 9.84 Å². The lowest BCUT2D eigenvalue weighted by atomic mass is 9.94. The van der Waals surface area contributed by atoms with Crippen LogP contribution in [0.4, 0.5) is 16.6 Å². The van der Waals surface area contributed by atoms with E-state index in [0.29, 0.717) is 34.3 Å². The molecule has 1 aromatic heterocycles. The zero-order valence-electron chi connectivity index (χ0n) is 22.1. The summed E-state index contributed by atoms with van der Waals surface area (Å²) in [5.41, 5.74) is 0.709. The van der Waals surface area contributed by atoms with Crippen LogP contribution in [0, 0.1) is 6.92 Å². The number of sulfone groups is 1. The SMILES string of the molecule is Cc1ccc2nc(N3CCS(=O)(=O)c4ccccc4C3)nc(NCC3(O)CN(C(=O)OC(C)(C)C)C3)c2c1. The lowest BCUT2D eigenvalue weighted by molar-refractivity contribution is -0.0895. The Morgan fingerprint density at radius 2 is 1.89 bits per heavy atom. The maximum atomic E-state index is 12.8. The van der Waals surface area contributed by atoms with Gasteiger partial charge in [0.25, 0.3) is 0 Å². The molecule has 2 aliphatic heterocycles. The summed E-state index contributed by atoms with van der Waals surface area (Å²) in [7, 11) is -3.42. The van der Waals surface area contributed by atoms with Gasteiger partial charge < -0.3 is 25.0 Å². The highest BCUT2D eigenvalue weighted by atomic mass is 32.2. The van der Waals surface area contributed by atoms with Crippen molar-refractivity contribution in [3.8, 4) is 0 Å². The van der Waals surface area contributed by atoms with Crippen LogP contribution in [0.15, 0.2) is 47.4 Å². The van der Waals surface area contributed by atoms with Gasteiger partial charge in [0.1, 0.15) is 17.0 Å². The van der Waals surface area contributed by atoms with E-state index in [1.165, 1.54) is 4.90 Å². The molecule has 0 atom stereocenters. The van der Waals surface area contributed by atoms with Gasteiger partial charge in [-0.05, 0) is 51.5 Å². The van der Waals surface area contributed by atoms with E-state index < -0.39 is 27.1 Å². The van der Waals surface area contributed by atoms with Crippen LogP contribution >= 0.6 is 0 Å². The van der Waals surface area contributed by atoms with Crippen molar-refractivity contribution in [2.24, 2.45) is 0 Å². The number of hydrogen-bond donors (Lipinski definition) is 2. The van der Waals surface area contributed by atoms with Gasteiger partial charge in [0.2, 0.25) is 5.95 Å². The maximum absolute atomic E-state index is 12.8. The van der Waals surface area contributed by atoms with Crippen molar-refractivity contribution < 1.29 is 23.1 Å². The second kappa shape index (κ2) is 9.39. The molecular weight excluding hydrogens is 506 g/mol. The number of carbonyl (C=O) groups is 1. The second-order valence-corrected chi connectivity index (χ2v) is 13.2. The molecular formula is C27H33N5O5S.